The van der Waals surface area contributed by atoms with Gasteiger partial charge in [0, 0.05) is 29.9 Å². The third-order valence-corrected chi connectivity index (χ3v) is 3.35. The molecule has 0 saturated carbocycles. The van der Waals surface area contributed by atoms with E-state index >= 15 is 0 Å². The second-order valence-electron chi connectivity index (χ2n) is 4.47. The number of benzene rings is 1. The Bertz CT molecular complexity index is 482. The monoisotopic (exact) mass is 272 g/mol. The van der Waals surface area contributed by atoms with Gasteiger partial charge in [0.05, 0.1) is 17.6 Å². The molecule has 1 heterocycles. The second-order valence-corrected chi connectivity index (χ2v) is 4.47. The summed E-state index contributed by atoms with van der Waals surface area (Å²) in [4.78, 5) is 11.6. The maximum atomic E-state index is 13.0. The summed E-state index contributed by atoms with van der Waals surface area (Å²) in [6, 6.07) is 3.27. The minimum absolute atomic E-state index is 0.111. The van der Waals surface area contributed by atoms with Gasteiger partial charge in [0.1, 0.15) is 0 Å². The van der Waals surface area contributed by atoms with Crippen molar-refractivity contribution in [1.82, 2.24) is 0 Å². The van der Waals surface area contributed by atoms with Crippen LogP contribution in [-0.4, -0.2) is 29.2 Å². The van der Waals surface area contributed by atoms with Crippen molar-refractivity contribution in [3.63, 3.8) is 0 Å². The first-order valence-corrected chi connectivity index (χ1v) is 5.98. The number of nitro groups is 1. The van der Waals surface area contributed by atoms with E-state index in [2.05, 4.69) is 0 Å². The van der Waals surface area contributed by atoms with Crippen LogP contribution in [0.15, 0.2) is 18.2 Å². The minimum atomic E-state index is -2.78. The molecule has 1 saturated heterocycles. The van der Waals surface area contributed by atoms with Crippen LogP contribution >= 0.6 is 0 Å². The number of alkyl halides is 2. The highest BCUT2D eigenvalue weighted by atomic mass is 19.3. The fraction of sp³-hybridized carbons (Fsp3) is 0.500. The van der Waals surface area contributed by atoms with Gasteiger partial charge in [-0.15, -0.1) is 0 Å². The van der Waals surface area contributed by atoms with Gasteiger partial charge < -0.3 is 10.0 Å². The van der Waals surface area contributed by atoms with Crippen molar-refractivity contribution in [1.29, 1.82) is 0 Å². The molecule has 104 valence electrons. The van der Waals surface area contributed by atoms with Gasteiger partial charge in [-0.1, -0.05) is 0 Å². The zero-order chi connectivity index (χ0) is 14.0. The number of anilines is 1. The maximum absolute atomic E-state index is 13.0. The first-order valence-electron chi connectivity index (χ1n) is 5.98. The SMILES string of the molecule is O=[N+]([O-])c1ccc(N2CCCC2CO)c(C(F)F)c1. The summed E-state index contributed by atoms with van der Waals surface area (Å²) in [6.45, 7) is 0.461. The van der Waals surface area contributed by atoms with E-state index in [-0.39, 0.29) is 29.6 Å². The fourth-order valence-electron chi connectivity index (χ4n) is 2.43. The van der Waals surface area contributed by atoms with Crippen LogP contribution in [0.1, 0.15) is 24.8 Å². The predicted octanol–water partition coefficient (Wildman–Crippen LogP) is 2.49. The van der Waals surface area contributed by atoms with Crippen LogP contribution in [0.5, 0.6) is 0 Å². The molecule has 1 aromatic rings. The van der Waals surface area contributed by atoms with E-state index in [1.165, 1.54) is 12.1 Å². The van der Waals surface area contributed by atoms with Crippen LogP contribution in [0.3, 0.4) is 0 Å². The van der Waals surface area contributed by atoms with E-state index in [1.54, 1.807) is 4.90 Å². The Morgan fingerprint density at radius 1 is 1.53 bits per heavy atom. The van der Waals surface area contributed by atoms with Crippen molar-refractivity contribution in [2.45, 2.75) is 25.3 Å². The van der Waals surface area contributed by atoms with E-state index in [0.717, 1.165) is 18.9 Å². The van der Waals surface area contributed by atoms with Crippen LogP contribution in [0.2, 0.25) is 0 Å². The third-order valence-electron chi connectivity index (χ3n) is 3.35. The minimum Gasteiger partial charge on any atom is -0.394 e. The highest BCUT2D eigenvalue weighted by Gasteiger charge is 2.28. The van der Waals surface area contributed by atoms with Crippen LogP contribution in [0.4, 0.5) is 20.2 Å². The normalized spacial score (nSPS) is 19.2. The van der Waals surface area contributed by atoms with Crippen LogP contribution in [0, 0.1) is 10.1 Å². The number of hydrogen-bond donors (Lipinski definition) is 1. The Morgan fingerprint density at radius 2 is 2.26 bits per heavy atom. The second kappa shape index (κ2) is 5.48. The molecular weight excluding hydrogens is 258 g/mol. The van der Waals surface area contributed by atoms with Crippen molar-refractivity contribution in [2.24, 2.45) is 0 Å². The lowest BCUT2D eigenvalue weighted by atomic mass is 10.1. The van der Waals surface area contributed by atoms with Crippen LogP contribution in [0.25, 0.3) is 0 Å². The number of nitro benzene ring substituents is 1. The number of halogens is 2. The van der Waals surface area contributed by atoms with Crippen molar-refractivity contribution in [2.75, 3.05) is 18.1 Å². The van der Waals surface area contributed by atoms with Crippen LogP contribution < -0.4 is 4.90 Å². The van der Waals surface area contributed by atoms with Gasteiger partial charge in [-0.25, -0.2) is 8.78 Å². The molecule has 0 radical (unpaired) electrons. The first kappa shape index (κ1) is 13.7. The Labute approximate surface area is 108 Å². The Kier molecular flexibility index (Phi) is 3.94. The zero-order valence-electron chi connectivity index (χ0n) is 10.1. The standard InChI is InChI=1S/C12H14F2N2O3/c13-12(14)10-6-8(16(18)19)3-4-11(10)15-5-1-2-9(15)7-17/h3-4,6,9,12,17H,1-2,5,7H2. The topological polar surface area (TPSA) is 66.6 Å². The fourth-order valence-corrected chi connectivity index (χ4v) is 2.43. The molecule has 0 amide bonds. The smallest absolute Gasteiger partial charge is 0.270 e. The molecule has 1 N–H and O–H groups in total. The average molecular weight is 272 g/mol. The van der Waals surface area contributed by atoms with Crippen molar-refractivity contribution in [3.8, 4) is 0 Å². The summed E-state index contributed by atoms with van der Waals surface area (Å²) >= 11 is 0. The summed E-state index contributed by atoms with van der Waals surface area (Å²) in [5.41, 5.74) is -0.425. The number of hydrogen-bond acceptors (Lipinski definition) is 4. The average Bonchev–Trinajstić information content (AvgIpc) is 2.85. The number of rotatable bonds is 4. The largest absolute Gasteiger partial charge is 0.394 e. The highest BCUT2D eigenvalue weighted by molar-refractivity contribution is 5.59. The van der Waals surface area contributed by atoms with E-state index in [1.807, 2.05) is 0 Å². The van der Waals surface area contributed by atoms with Gasteiger partial charge in [-0.05, 0) is 18.9 Å². The van der Waals surface area contributed by atoms with Gasteiger partial charge in [0.25, 0.3) is 12.1 Å². The number of non-ortho nitro benzene ring substituents is 1. The summed E-state index contributed by atoms with van der Waals surface area (Å²) in [6.07, 6.45) is -1.24. The lowest BCUT2D eigenvalue weighted by Gasteiger charge is -2.27. The van der Waals surface area contributed by atoms with Gasteiger partial charge in [0.15, 0.2) is 0 Å². The predicted molar refractivity (Wildman–Crippen MR) is 65.5 cm³/mol. The van der Waals surface area contributed by atoms with E-state index in [0.29, 0.717) is 6.54 Å². The van der Waals surface area contributed by atoms with Gasteiger partial charge >= 0.3 is 0 Å². The van der Waals surface area contributed by atoms with Gasteiger partial charge in [0.2, 0.25) is 0 Å². The molecule has 1 fully saturated rings. The van der Waals surface area contributed by atoms with E-state index in [4.69, 9.17) is 0 Å². The lowest BCUT2D eigenvalue weighted by molar-refractivity contribution is -0.385. The van der Waals surface area contributed by atoms with Crippen molar-refractivity contribution < 1.29 is 18.8 Å². The van der Waals surface area contributed by atoms with E-state index in [9.17, 15) is 24.0 Å². The Balaban J connectivity index is 2.42. The molecule has 1 aliphatic heterocycles. The summed E-state index contributed by atoms with van der Waals surface area (Å²) in [7, 11) is 0. The molecular formula is C12H14F2N2O3. The summed E-state index contributed by atoms with van der Waals surface area (Å²) in [5, 5.41) is 19.9. The third kappa shape index (κ3) is 2.65. The molecule has 0 spiro atoms. The van der Waals surface area contributed by atoms with E-state index < -0.39 is 11.3 Å². The maximum Gasteiger partial charge on any atom is 0.270 e. The molecule has 1 unspecified atom stereocenters. The summed E-state index contributed by atoms with van der Waals surface area (Å²) in [5.74, 6) is 0. The molecule has 0 aliphatic carbocycles. The Morgan fingerprint density at radius 3 is 2.84 bits per heavy atom. The lowest BCUT2D eigenvalue weighted by Crippen LogP contribution is -2.32. The number of aliphatic hydroxyl groups is 1. The number of nitrogens with zero attached hydrogens (tertiary/aromatic N) is 2. The molecule has 5 nitrogen and oxygen atoms in total. The molecule has 0 bridgehead atoms. The zero-order valence-corrected chi connectivity index (χ0v) is 10.1. The van der Waals surface area contributed by atoms with Crippen LogP contribution in [-0.2, 0) is 0 Å². The molecule has 0 aromatic heterocycles. The van der Waals surface area contributed by atoms with Crippen molar-refractivity contribution in [3.05, 3.63) is 33.9 Å². The van der Waals surface area contributed by atoms with Crippen molar-refractivity contribution >= 4 is 11.4 Å². The molecule has 7 heteroatoms. The molecule has 19 heavy (non-hydrogen) atoms. The number of aliphatic hydroxyl groups excluding tert-OH is 1. The molecule has 2 rings (SSSR count). The quantitative estimate of drug-likeness (QED) is 0.675. The van der Waals surface area contributed by atoms with Gasteiger partial charge in [-0.2, -0.15) is 0 Å². The van der Waals surface area contributed by atoms with Gasteiger partial charge in [-0.3, -0.25) is 10.1 Å². The summed E-state index contributed by atoms with van der Waals surface area (Å²) < 4.78 is 26.1. The molecule has 1 aromatic carbocycles. The first-order chi connectivity index (χ1) is 9.04. The molecule has 1 atom stereocenters. The Hall–Kier alpha value is -1.76. The highest BCUT2D eigenvalue weighted by Crippen LogP contribution is 2.36. The molecule has 1 aliphatic rings.